The van der Waals surface area contributed by atoms with Crippen LogP contribution in [-0.2, 0) is 0 Å². The summed E-state index contributed by atoms with van der Waals surface area (Å²) in [6.07, 6.45) is 0.568. The molecule has 1 amide bonds. The number of thiophene rings is 1. The van der Waals surface area contributed by atoms with Gasteiger partial charge in [0.1, 0.15) is 10.6 Å². The molecule has 2 aromatic rings. The lowest BCUT2D eigenvalue weighted by Crippen LogP contribution is -2.32. The molecule has 1 aromatic carbocycles. The summed E-state index contributed by atoms with van der Waals surface area (Å²) in [5.41, 5.74) is 6.64. The quantitative estimate of drug-likeness (QED) is 0.859. The molecule has 6 heteroatoms. The summed E-state index contributed by atoms with van der Waals surface area (Å²) in [4.78, 5) is 14.8. The molecule has 0 bridgehead atoms. The molecule has 0 spiro atoms. The second kappa shape index (κ2) is 6.78. The largest absolute Gasteiger partial charge is 0.497 e. The van der Waals surface area contributed by atoms with Crippen LogP contribution in [0.3, 0.4) is 0 Å². The monoisotopic (exact) mass is 308 g/mol. The van der Waals surface area contributed by atoms with Crippen molar-refractivity contribution in [1.82, 2.24) is 4.90 Å². The zero-order valence-corrected chi connectivity index (χ0v) is 13.1. The SMILES string of the molecule is CCN(CCCO)C(=O)c1sc2cc(OC)ccc2c1N. The third kappa shape index (κ3) is 3.11. The van der Waals surface area contributed by atoms with E-state index < -0.39 is 0 Å². The number of carbonyl (C=O) groups is 1. The van der Waals surface area contributed by atoms with Gasteiger partial charge in [-0.05, 0) is 31.5 Å². The van der Waals surface area contributed by atoms with E-state index in [1.165, 1.54) is 11.3 Å². The molecule has 0 saturated carbocycles. The van der Waals surface area contributed by atoms with E-state index in [0.717, 1.165) is 15.8 Å². The average Bonchev–Trinajstić information content (AvgIpc) is 2.84. The van der Waals surface area contributed by atoms with Crippen LogP contribution < -0.4 is 10.5 Å². The van der Waals surface area contributed by atoms with Gasteiger partial charge in [0.2, 0.25) is 0 Å². The highest BCUT2D eigenvalue weighted by atomic mass is 32.1. The lowest BCUT2D eigenvalue weighted by atomic mass is 10.2. The van der Waals surface area contributed by atoms with E-state index in [2.05, 4.69) is 0 Å². The third-order valence-corrected chi connectivity index (χ3v) is 4.54. The van der Waals surface area contributed by atoms with Gasteiger partial charge in [-0.2, -0.15) is 0 Å². The zero-order valence-electron chi connectivity index (χ0n) is 12.3. The minimum absolute atomic E-state index is 0.0723. The number of rotatable bonds is 6. The van der Waals surface area contributed by atoms with Gasteiger partial charge in [0, 0.05) is 29.8 Å². The van der Waals surface area contributed by atoms with Crippen LogP contribution in [0.4, 0.5) is 5.69 Å². The van der Waals surface area contributed by atoms with Gasteiger partial charge in [0.05, 0.1) is 12.8 Å². The summed E-state index contributed by atoms with van der Waals surface area (Å²) in [5, 5.41) is 9.79. The molecule has 1 heterocycles. The van der Waals surface area contributed by atoms with E-state index in [9.17, 15) is 4.79 Å². The van der Waals surface area contributed by atoms with Gasteiger partial charge in [-0.1, -0.05) is 0 Å². The molecular formula is C15H20N2O3S. The van der Waals surface area contributed by atoms with Gasteiger partial charge < -0.3 is 20.5 Å². The molecule has 0 saturated heterocycles. The zero-order chi connectivity index (χ0) is 15.4. The number of benzene rings is 1. The fraction of sp³-hybridized carbons (Fsp3) is 0.400. The maximum absolute atomic E-state index is 12.6. The number of ether oxygens (including phenoxy) is 1. The highest BCUT2D eigenvalue weighted by Crippen LogP contribution is 2.36. The first-order valence-corrected chi connectivity index (χ1v) is 7.70. The summed E-state index contributed by atoms with van der Waals surface area (Å²) in [6.45, 7) is 3.11. The van der Waals surface area contributed by atoms with E-state index in [4.69, 9.17) is 15.6 Å². The normalized spacial score (nSPS) is 10.8. The number of nitrogens with zero attached hydrogens (tertiary/aromatic N) is 1. The molecule has 0 fully saturated rings. The second-order valence-corrected chi connectivity index (χ2v) is 5.72. The van der Waals surface area contributed by atoms with Crippen molar-refractivity contribution in [3.8, 4) is 5.75 Å². The molecule has 0 aliphatic rings. The van der Waals surface area contributed by atoms with Crippen LogP contribution in [0.25, 0.3) is 10.1 Å². The van der Waals surface area contributed by atoms with Crippen LogP contribution in [0.1, 0.15) is 23.0 Å². The minimum Gasteiger partial charge on any atom is -0.497 e. The highest BCUT2D eigenvalue weighted by molar-refractivity contribution is 7.21. The van der Waals surface area contributed by atoms with Crippen molar-refractivity contribution < 1.29 is 14.6 Å². The Bertz CT molecular complexity index is 639. The van der Waals surface area contributed by atoms with Gasteiger partial charge in [-0.15, -0.1) is 11.3 Å². The molecule has 3 N–H and O–H groups in total. The topological polar surface area (TPSA) is 75.8 Å². The van der Waals surface area contributed by atoms with Crippen LogP contribution in [0.15, 0.2) is 18.2 Å². The number of amides is 1. The van der Waals surface area contributed by atoms with Crippen LogP contribution in [0.2, 0.25) is 0 Å². The third-order valence-electron chi connectivity index (χ3n) is 3.38. The first kappa shape index (κ1) is 15.6. The number of methoxy groups -OCH3 is 1. The molecule has 0 aliphatic carbocycles. The Morgan fingerprint density at radius 3 is 2.86 bits per heavy atom. The fourth-order valence-corrected chi connectivity index (χ4v) is 3.31. The summed E-state index contributed by atoms with van der Waals surface area (Å²) in [7, 11) is 1.61. The smallest absolute Gasteiger partial charge is 0.266 e. The lowest BCUT2D eigenvalue weighted by molar-refractivity contribution is 0.0760. The van der Waals surface area contributed by atoms with Crippen LogP contribution in [-0.4, -0.2) is 42.7 Å². The number of hydrogen-bond donors (Lipinski definition) is 2. The molecule has 2 rings (SSSR count). The predicted molar refractivity (Wildman–Crippen MR) is 86.1 cm³/mol. The number of nitrogens with two attached hydrogens (primary N) is 1. The number of nitrogen functional groups attached to an aromatic ring is 1. The van der Waals surface area contributed by atoms with Crippen molar-refractivity contribution in [3.63, 3.8) is 0 Å². The van der Waals surface area contributed by atoms with E-state index in [0.29, 0.717) is 30.1 Å². The number of carbonyl (C=O) groups excluding carboxylic acids is 1. The number of aliphatic hydroxyl groups is 1. The number of fused-ring (bicyclic) bond motifs is 1. The van der Waals surface area contributed by atoms with Crippen molar-refractivity contribution >= 4 is 33.0 Å². The standard InChI is InChI=1S/C15H20N2O3S/c1-3-17(7-4-8-18)15(19)14-13(16)11-6-5-10(20-2)9-12(11)21-14/h5-6,9,18H,3-4,7-8,16H2,1-2H3. The van der Waals surface area contributed by atoms with Crippen molar-refractivity contribution in [3.05, 3.63) is 23.1 Å². The van der Waals surface area contributed by atoms with Crippen molar-refractivity contribution in [2.45, 2.75) is 13.3 Å². The molecule has 5 nitrogen and oxygen atoms in total. The Labute approximate surface area is 127 Å². The lowest BCUT2D eigenvalue weighted by Gasteiger charge is -2.19. The molecule has 0 radical (unpaired) electrons. The van der Waals surface area contributed by atoms with Crippen molar-refractivity contribution in [1.29, 1.82) is 0 Å². The predicted octanol–water partition coefficient (Wildman–Crippen LogP) is 2.34. The first-order chi connectivity index (χ1) is 10.1. The molecular weight excluding hydrogens is 288 g/mol. The maximum atomic E-state index is 12.6. The van der Waals surface area contributed by atoms with E-state index in [1.54, 1.807) is 12.0 Å². The molecule has 0 aliphatic heterocycles. The van der Waals surface area contributed by atoms with Crippen LogP contribution in [0, 0.1) is 0 Å². The van der Waals surface area contributed by atoms with Crippen molar-refractivity contribution in [2.75, 3.05) is 32.5 Å². The summed E-state index contributed by atoms with van der Waals surface area (Å²) >= 11 is 1.38. The van der Waals surface area contributed by atoms with E-state index >= 15 is 0 Å². The number of anilines is 1. The fourth-order valence-electron chi connectivity index (χ4n) is 2.19. The highest BCUT2D eigenvalue weighted by Gasteiger charge is 2.21. The maximum Gasteiger partial charge on any atom is 0.266 e. The summed E-state index contributed by atoms with van der Waals surface area (Å²) < 4.78 is 6.13. The minimum atomic E-state index is -0.0800. The first-order valence-electron chi connectivity index (χ1n) is 6.88. The van der Waals surface area contributed by atoms with Crippen LogP contribution >= 0.6 is 11.3 Å². The second-order valence-electron chi connectivity index (χ2n) is 4.67. The van der Waals surface area contributed by atoms with Gasteiger partial charge >= 0.3 is 0 Å². The Morgan fingerprint density at radius 1 is 1.48 bits per heavy atom. The van der Waals surface area contributed by atoms with Crippen LogP contribution in [0.5, 0.6) is 5.75 Å². The Balaban J connectivity index is 2.36. The molecule has 0 atom stereocenters. The summed E-state index contributed by atoms with van der Waals surface area (Å²) in [5.74, 6) is 0.666. The van der Waals surface area contributed by atoms with Crippen molar-refractivity contribution in [2.24, 2.45) is 0 Å². The van der Waals surface area contributed by atoms with Gasteiger partial charge in [-0.25, -0.2) is 0 Å². The van der Waals surface area contributed by atoms with Gasteiger partial charge in [0.25, 0.3) is 5.91 Å². The number of hydrogen-bond acceptors (Lipinski definition) is 5. The summed E-state index contributed by atoms with van der Waals surface area (Å²) in [6, 6.07) is 5.60. The molecule has 0 unspecified atom stereocenters. The Hall–Kier alpha value is -1.79. The Morgan fingerprint density at radius 2 is 2.24 bits per heavy atom. The molecule has 21 heavy (non-hydrogen) atoms. The average molecular weight is 308 g/mol. The van der Waals surface area contributed by atoms with Gasteiger partial charge in [0.15, 0.2) is 0 Å². The van der Waals surface area contributed by atoms with Gasteiger partial charge in [-0.3, -0.25) is 4.79 Å². The van der Waals surface area contributed by atoms with E-state index in [1.807, 2.05) is 25.1 Å². The van der Waals surface area contributed by atoms with E-state index in [-0.39, 0.29) is 12.5 Å². The molecule has 1 aromatic heterocycles. The Kier molecular flexibility index (Phi) is 5.03. The number of aliphatic hydroxyl groups excluding tert-OH is 1. The molecule has 114 valence electrons.